The summed E-state index contributed by atoms with van der Waals surface area (Å²) in [6, 6.07) is 5.40. The molecule has 0 bridgehead atoms. The number of nitriles is 1. The number of nitrogens with two attached hydrogens (primary N) is 2. The molecule has 0 radical (unpaired) electrons. The van der Waals surface area contributed by atoms with Crippen LogP contribution in [0.3, 0.4) is 0 Å². The summed E-state index contributed by atoms with van der Waals surface area (Å²) >= 11 is 7.70. The van der Waals surface area contributed by atoms with Gasteiger partial charge in [-0.05, 0) is 45.5 Å². The summed E-state index contributed by atoms with van der Waals surface area (Å²) in [4.78, 5) is 21.3. The average molecular weight is 682 g/mol. The van der Waals surface area contributed by atoms with Gasteiger partial charge in [-0.3, -0.25) is 9.88 Å². The third-order valence-electron chi connectivity index (χ3n) is 9.25. The molecule has 0 spiro atoms. The standard InChI is InChI=1S/C32H31ClF3N9OS/c1-14(25-28(38)41-9-8-40-25)45(5)30-18-10-20(33)23(17-6-7-21(35)27-22(17)19(12-37)29(39)47-27)24(36)26(18)42-31(43-30)46-15(2)32(3)11-16(34)13-44(32)4/h6-10,14-16H,11,13,39H2,1-5H3,(H2,38,41)/t14-,15+,16-,32+/m1/s1. The van der Waals surface area contributed by atoms with Crippen molar-refractivity contribution in [1.29, 1.82) is 5.26 Å². The molecule has 5 aromatic rings. The number of nitrogens with zero attached hydrogens (tertiary/aromatic N) is 7. The van der Waals surface area contributed by atoms with Crippen molar-refractivity contribution in [2.75, 3.05) is 37.0 Å². The van der Waals surface area contributed by atoms with Crippen molar-refractivity contribution in [1.82, 2.24) is 24.8 Å². The minimum absolute atomic E-state index is 0.0199. The minimum Gasteiger partial charge on any atom is -0.458 e. The van der Waals surface area contributed by atoms with Crippen molar-refractivity contribution in [3.8, 4) is 23.2 Å². The van der Waals surface area contributed by atoms with E-state index in [9.17, 15) is 14.0 Å². The summed E-state index contributed by atoms with van der Waals surface area (Å²) in [6.45, 7) is 5.76. The fraction of sp³-hybridized carbons (Fsp3) is 0.344. The maximum absolute atomic E-state index is 17.0. The van der Waals surface area contributed by atoms with Crippen molar-refractivity contribution >= 4 is 60.6 Å². The van der Waals surface area contributed by atoms with E-state index in [1.54, 1.807) is 18.9 Å². The number of benzene rings is 2. The van der Waals surface area contributed by atoms with E-state index < -0.39 is 35.5 Å². The van der Waals surface area contributed by atoms with Gasteiger partial charge in [-0.2, -0.15) is 15.2 Å². The van der Waals surface area contributed by atoms with Crippen LogP contribution in [0.4, 0.5) is 29.8 Å². The van der Waals surface area contributed by atoms with Crippen molar-refractivity contribution in [3.63, 3.8) is 0 Å². The van der Waals surface area contributed by atoms with Crippen LogP contribution in [0.5, 0.6) is 6.01 Å². The predicted octanol–water partition coefficient (Wildman–Crippen LogP) is 6.67. The highest BCUT2D eigenvalue weighted by Gasteiger charge is 2.45. The first-order valence-corrected chi connectivity index (χ1v) is 15.9. The number of thiophene rings is 1. The Bertz CT molecular complexity index is 2090. The van der Waals surface area contributed by atoms with Gasteiger partial charge in [-0.15, -0.1) is 11.3 Å². The Morgan fingerprint density at radius 1 is 1.21 bits per heavy atom. The van der Waals surface area contributed by atoms with Gasteiger partial charge in [-0.1, -0.05) is 17.7 Å². The van der Waals surface area contributed by atoms with Crippen LogP contribution in [0.25, 0.3) is 32.1 Å². The molecule has 4 N–H and O–H groups in total. The number of rotatable bonds is 7. The van der Waals surface area contributed by atoms with Crippen LogP contribution in [0.2, 0.25) is 5.02 Å². The smallest absolute Gasteiger partial charge is 0.319 e. The van der Waals surface area contributed by atoms with E-state index in [2.05, 4.69) is 15.0 Å². The zero-order valence-electron chi connectivity index (χ0n) is 26.1. The number of halogens is 4. The van der Waals surface area contributed by atoms with Gasteiger partial charge in [0, 0.05) is 48.7 Å². The van der Waals surface area contributed by atoms with Gasteiger partial charge < -0.3 is 21.1 Å². The second-order valence-corrected chi connectivity index (χ2v) is 13.4. The molecule has 244 valence electrons. The first-order valence-electron chi connectivity index (χ1n) is 14.7. The Labute approximate surface area is 277 Å². The lowest BCUT2D eigenvalue weighted by Gasteiger charge is -2.37. The largest absolute Gasteiger partial charge is 0.458 e. The molecule has 0 unspecified atom stereocenters. The number of ether oxygens (including phenoxy) is 1. The Morgan fingerprint density at radius 2 is 1.94 bits per heavy atom. The predicted molar refractivity (Wildman–Crippen MR) is 178 cm³/mol. The number of aromatic nitrogens is 4. The second kappa shape index (κ2) is 12.0. The third kappa shape index (κ3) is 5.32. The van der Waals surface area contributed by atoms with Gasteiger partial charge in [-0.25, -0.2) is 18.2 Å². The van der Waals surface area contributed by atoms with Crippen molar-refractivity contribution in [3.05, 3.63) is 58.5 Å². The zero-order valence-corrected chi connectivity index (χ0v) is 27.7. The maximum Gasteiger partial charge on any atom is 0.319 e. The molecule has 6 rings (SSSR count). The molecule has 15 heteroatoms. The molecule has 3 aromatic heterocycles. The average Bonchev–Trinajstić information content (AvgIpc) is 3.51. The van der Waals surface area contributed by atoms with Crippen molar-refractivity contribution < 1.29 is 17.9 Å². The highest BCUT2D eigenvalue weighted by Crippen LogP contribution is 2.46. The monoisotopic (exact) mass is 681 g/mol. The lowest BCUT2D eigenvalue weighted by atomic mass is 9.92. The van der Waals surface area contributed by atoms with Crippen LogP contribution in [0.15, 0.2) is 30.6 Å². The van der Waals surface area contributed by atoms with E-state index in [0.29, 0.717) is 5.69 Å². The van der Waals surface area contributed by atoms with E-state index in [0.717, 1.165) is 11.3 Å². The minimum atomic E-state index is -1.03. The van der Waals surface area contributed by atoms with Crippen LogP contribution in [-0.4, -0.2) is 63.3 Å². The molecule has 1 fully saturated rings. The van der Waals surface area contributed by atoms with Crippen molar-refractivity contribution in [2.45, 2.75) is 51.0 Å². The number of anilines is 3. The first-order chi connectivity index (χ1) is 22.3. The number of likely N-dealkylation sites (tertiary alicyclic amines) is 1. The molecular formula is C32H31ClF3N9OS. The van der Waals surface area contributed by atoms with Gasteiger partial charge in [0.15, 0.2) is 5.82 Å². The molecule has 0 aliphatic carbocycles. The molecular weight excluding hydrogens is 651 g/mol. The van der Waals surface area contributed by atoms with Gasteiger partial charge in [0.25, 0.3) is 0 Å². The molecule has 0 saturated carbocycles. The number of alkyl halides is 1. The van der Waals surface area contributed by atoms with E-state index in [4.69, 9.17) is 32.8 Å². The van der Waals surface area contributed by atoms with Crippen LogP contribution in [0.1, 0.15) is 44.5 Å². The fourth-order valence-corrected chi connectivity index (χ4v) is 7.46. The Balaban J connectivity index is 1.58. The molecule has 10 nitrogen and oxygen atoms in total. The number of hydrogen-bond acceptors (Lipinski definition) is 11. The summed E-state index contributed by atoms with van der Waals surface area (Å²) in [5.74, 6) is -0.989. The number of nitrogen functional groups attached to an aromatic ring is 2. The molecule has 2 aromatic carbocycles. The van der Waals surface area contributed by atoms with Gasteiger partial charge in [0.1, 0.15) is 52.0 Å². The normalized spacial score (nSPS) is 19.6. The lowest BCUT2D eigenvalue weighted by Crippen LogP contribution is -2.50. The van der Waals surface area contributed by atoms with Gasteiger partial charge in [0.2, 0.25) is 0 Å². The third-order valence-corrected chi connectivity index (χ3v) is 10.6. The Morgan fingerprint density at radius 3 is 2.60 bits per heavy atom. The summed E-state index contributed by atoms with van der Waals surface area (Å²) in [7, 11) is 3.54. The number of hydrogen-bond donors (Lipinski definition) is 2. The van der Waals surface area contributed by atoms with Crippen LogP contribution in [-0.2, 0) is 0 Å². The highest BCUT2D eigenvalue weighted by atomic mass is 35.5. The molecule has 1 saturated heterocycles. The van der Waals surface area contributed by atoms with E-state index in [-0.39, 0.29) is 78.3 Å². The molecule has 1 aliphatic rings. The quantitative estimate of drug-likeness (QED) is 0.191. The molecule has 1 aliphatic heterocycles. The fourth-order valence-electron chi connectivity index (χ4n) is 6.22. The molecule has 47 heavy (non-hydrogen) atoms. The van der Waals surface area contributed by atoms with E-state index in [1.807, 2.05) is 31.9 Å². The van der Waals surface area contributed by atoms with E-state index >= 15 is 4.39 Å². The zero-order chi connectivity index (χ0) is 33.9. The number of likely N-dealkylation sites (N-methyl/N-ethyl adjacent to an activating group) is 1. The van der Waals surface area contributed by atoms with Crippen molar-refractivity contribution in [2.24, 2.45) is 0 Å². The Kier molecular flexibility index (Phi) is 8.27. The summed E-state index contributed by atoms with van der Waals surface area (Å²) in [5, 5.41) is 10.3. The topological polar surface area (TPSA) is 143 Å². The first kappa shape index (κ1) is 32.5. The maximum atomic E-state index is 17.0. The molecule has 4 atom stereocenters. The van der Waals surface area contributed by atoms with Gasteiger partial charge >= 0.3 is 6.01 Å². The summed E-state index contributed by atoms with van der Waals surface area (Å²) in [6.07, 6.45) is 1.58. The van der Waals surface area contributed by atoms with Crippen LogP contribution < -0.4 is 21.1 Å². The highest BCUT2D eigenvalue weighted by molar-refractivity contribution is 7.23. The Hall–Kier alpha value is -4.45. The van der Waals surface area contributed by atoms with E-state index in [1.165, 1.54) is 30.6 Å². The number of fused-ring (bicyclic) bond motifs is 2. The van der Waals surface area contributed by atoms with Crippen LogP contribution >= 0.6 is 22.9 Å². The van der Waals surface area contributed by atoms with Gasteiger partial charge in [0.05, 0.1) is 26.9 Å². The summed E-state index contributed by atoms with van der Waals surface area (Å²) < 4.78 is 52.7. The lowest BCUT2D eigenvalue weighted by molar-refractivity contribution is 0.0409. The summed E-state index contributed by atoms with van der Waals surface area (Å²) in [5.41, 5.74) is 11.9. The molecule has 0 amide bonds. The molecule has 4 heterocycles. The SMILES string of the molecule is C[C@H](c1nccnc1N)N(C)c1nc(O[C@@H](C)[C@]2(C)C[C@@H](F)CN2C)nc2c(F)c(-c3ccc(F)c4sc(N)c(C#N)c34)c(Cl)cc12. The van der Waals surface area contributed by atoms with Crippen LogP contribution in [0, 0.1) is 23.0 Å². The second-order valence-electron chi connectivity index (χ2n) is 11.9.